The van der Waals surface area contributed by atoms with Crippen molar-refractivity contribution in [2.45, 2.75) is 59.3 Å². The second-order valence-electron chi connectivity index (χ2n) is 7.73. The third-order valence-electron chi connectivity index (χ3n) is 4.96. The molecule has 33 heavy (non-hydrogen) atoms. The van der Waals surface area contributed by atoms with Gasteiger partial charge in [0.25, 0.3) is 0 Å². The molecule has 0 aliphatic heterocycles. The first-order valence-corrected chi connectivity index (χ1v) is 12.3. The van der Waals surface area contributed by atoms with E-state index < -0.39 is 0 Å². The molecular formula is C27H34BrN3O2. The summed E-state index contributed by atoms with van der Waals surface area (Å²) in [5, 5.41) is 2.91. The highest BCUT2D eigenvalue weighted by atomic mass is 79.9. The van der Waals surface area contributed by atoms with Gasteiger partial charge in [-0.3, -0.25) is 4.79 Å². The first-order chi connectivity index (χ1) is 16.0. The SMILES string of the molecule is CCCCC.CCCc1nc(-c2ccc(OC)cc2)cnc1NC(=O)Cc1ccc(Br)cc1. The number of benzene rings is 2. The number of aryl methyl sites for hydroxylation is 1. The fourth-order valence-corrected chi connectivity index (χ4v) is 3.43. The molecule has 0 bridgehead atoms. The van der Waals surface area contributed by atoms with E-state index in [1.54, 1.807) is 13.3 Å². The number of unbranched alkanes of at least 4 members (excludes halogenated alkanes) is 2. The summed E-state index contributed by atoms with van der Waals surface area (Å²) < 4.78 is 6.19. The predicted molar refractivity (Wildman–Crippen MR) is 140 cm³/mol. The van der Waals surface area contributed by atoms with E-state index in [0.29, 0.717) is 12.2 Å². The second-order valence-corrected chi connectivity index (χ2v) is 8.65. The van der Waals surface area contributed by atoms with Crippen molar-refractivity contribution < 1.29 is 9.53 Å². The van der Waals surface area contributed by atoms with E-state index in [1.807, 2.05) is 48.5 Å². The Morgan fingerprint density at radius 3 is 2.18 bits per heavy atom. The highest BCUT2D eigenvalue weighted by Crippen LogP contribution is 2.23. The molecule has 0 aliphatic rings. The van der Waals surface area contributed by atoms with Gasteiger partial charge in [-0.15, -0.1) is 0 Å². The van der Waals surface area contributed by atoms with E-state index in [4.69, 9.17) is 9.72 Å². The molecule has 1 amide bonds. The Kier molecular flexibility index (Phi) is 11.6. The van der Waals surface area contributed by atoms with Crippen LogP contribution in [0.4, 0.5) is 5.82 Å². The number of halogens is 1. The number of methoxy groups -OCH3 is 1. The van der Waals surface area contributed by atoms with E-state index in [0.717, 1.165) is 45.6 Å². The van der Waals surface area contributed by atoms with Crippen molar-refractivity contribution in [1.29, 1.82) is 0 Å². The molecule has 0 spiro atoms. The molecule has 0 atom stereocenters. The maximum absolute atomic E-state index is 12.4. The van der Waals surface area contributed by atoms with Crippen LogP contribution in [-0.2, 0) is 17.6 Å². The molecule has 2 aromatic carbocycles. The van der Waals surface area contributed by atoms with Gasteiger partial charge in [0.1, 0.15) is 5.75 Å². The van der Waals surface area contributed by atoms with Crippen LogP contribution in [0.5, 0.6) is 5.75 Å². The van der Waals surface area contributed by atoms with Gasteiger partial charge in [0.15, 0.2) is 5.82 Å². The topological polar surface area (TPSA) is 64.1 Å². The van der Waals surface area contributed by atoms with Gasteiger partial charge in [-0.05, 0) is 48.4 Å². The number of hydrogen-bond donors (Lipinski definition) is 1. The van der Waals surface area contributed by atoms with Gasteiger partial charge in [-0.2, -0.15) is 0 Å². The molecule has 1 N–H and O–H groups in total. The van der Waals surface area contributed by atoms with Crippen LogP contribution in [0.1, 0.15) is 57.7 Å². The van der Waals surface area contributed by atoms with Crippen LogP contribution in [0, 0.1) is 0 Å². The number of carbonyl (C=O) groups is 1. The number of aromatic nitrogens is 2. The van der Waals surface area contributed by atoms with Crippen LogP contribution in [0.25, 0.3) is 11.3 Å². The molecular weight excluding hydrogens is 478 g/mol. The van der Waals surface area contributed by atoms with Crippen LogP contribution in [0.15, 0.2) is 59.2 Å². The third-order valence-corrected chi connectivity index (χ3v) is 5.49. The van der Waals surface area contributed by atoms with Gasteiger partial charge < -0.3 is 10.1 Å². The fourth-order valence-electron chi connectivity index (χ4n) is 3.16. The Balaban J connectivity index is 0.000000696. The normalized spacial score (nSPS) is 10.2. The van der Waals surface area contributed by atoms with Gasteiger partial charge in [-0.1, -0.05) is 74.5 Å². The number of hydrogen-bond acceptors (Lipinski definition) is 4. The van der Waals surface area contributed by atoms with Crippen molar-refractivity contribution in [2.75, 3.05) is 12.4 Å². The maximum Gasteiger partial charge on any atom is 0.229 e. The van der Waals surface area contributed by atoms with Gasteiger partial charge in [-0.25, -0.2) is 9.97 Å². The van der Waals surface area contributed by atoms with E-state index in [-0.39, 0.29) is 5.91 Å². The minimum atomic E-state index is -0.105. The van der Waals surface area contributed by atoms with E-state index in [1.165, 1.54) is 19.3 Å². The summed E-state index contributed by atoms with van der Waals surface area (Å²) in [6.45, 7) is 6.50. The smallest absolute Gasteiger partial charge is 0.229 e. The molecule has 0 saturated heterocycles. The molecule has 3 aromatic rings. The molecule has 5 nitrogen and oxygen atoms in total. The Labute approximate surface area is 206 Å². The predicted octanol–water partition coefficient (Wildman–Crippen LogP) is 7.24. The number of amides is 1. The monoisotopic (exact) mass is 511 g/mol. The van der Waals surface area contributed by atoms with Gasteiger partial charge in [0, 0.05) is 10.0 Å². The van der Waals surface area contributed by atoms with Gasteiger partial charge >= 0.3 is 0 Å². The number of carbonyl (C=O) groups excluding carboxylic acids is 1. The van der Waals surface area contributed by atoms with Gasteiger partial charge in [0.2, 0.25) is 5.91 Å². The van der Waals surface area contributed by atoms with Crippen molar-refractivity contribution in [2.24, 2.45) is 0 Å². The summed E-state index contributed by atoms with van der Waals surface area (Å²) >= 11 is 3.40. The van der Waals surface area contributed by atoms with Crippen molar-refractivity contribution in [3.8, 4) is 17.0 Å². The molecule has 0 saturated carbocycles. The van der Waals surface area contributed by atoms with Crippen molar-refractivity contribution in [3.05, 3.63) is 70.5 Å². The van der Waals surface area contributed by atoms with E-state index in [9.17, 15) is 4.79 Å². The summed E-state index contributed by atoms with van der Waals surface area (Å²) in [7, 11) is 1.64. The number of nitrogens with zero attached hydrogens (tertiary/aromatic N) is 2. The lowest BCUT2D eigenvalue weighted by Crippen LogP contribution is -2.17. The van der Waals surface area contributed by atoms with Crippen LogP contribution >= 0.6 is 15.9 Å². The first-order valence-electron chi connectivity index (χ1n) is 11.5. The number of nitrogens with one attached hydrogen (secondary N) is 1. The van der Waals surface area contributed by atoms with Crippen LogP contribution in [0.2, 0.25) is 0 Å². The Morgan fingerprint density at radius 2 is 1.64 bits per heavy atom. The van der Waals surface area contributed by atoms with Crippen molar-refractivity contribution in [3.63, 3.8) is 0 Å². The molecule has 1 aromatic heterocycles. The summed E-state index contributed by atoms with van der Waals surface area (Å²) in [6, 6.07) is 15.4. The highest BCUT2D eigenvalue weighted by molar-refractivity contribution is 9.10. The second kappa shape index (κ2) is 14.4. The zero-order valence-electron chi connectivity index (χ0n) is 20.0. The Bertz CT molecular complexity index is 987. The minimum Gasteiger partial charge on any atom is -0.497 e. The molecule has 176 valence electrons. The molecule has 0 aliphatic carbocycles. The van der Waals surface area contributed by atoms with Crippen LogP contribution in [0.3, 0.4) is 0 Å². The van der Waals surface area contributed by atoms with Gasteiger partial charge in [0.05, 0.1) is 31.1 Å². The van der Waals surface area contributed by atoms with Crippen LogP contribution in [-0.4, -0.2) is 23.0 Å². The van der Waals surface area contributed by atoms with Crippen molar-refractivity contribution >= 4 is 27.7 Å². The lowest BCUT2D eigenvalue weighted by atomic mass is 10.1. The summed E-state index contributed by atoms with van der Waals surface area (Å²) in [5.41, 5.74) is 3.47. The molecule has 6 heteroatoms. The maximum atomic E-state index is 12.4. The zero-order chi connectivity index (χ0) is 24.1. The van der Waals surface area contributed by atoms with E-state index in [2.05, 4.69) is 47.0 Å². The molecule has 0 unspecified atom stereocenters. The first kappa shape index (κ1) is 26.5. The quantitative estimate of drug-likeness (QED) is 0.328. The summed E-state index contributed by atoms with van der Waals surface area (Å²) in [5.74, 6) is 1.22. The zero-order valence-corrected chi connectivity index (χ0v) is 21.6. The largest absolute Gasteiger partial charge is 0.497 e. The lowest BCUT2D eigenvalue weighted by Gasteiger charge is -2.11. The average molecular weight is 512 g/mol. The summed E-state index contributed by atoms with van der Waals surface area (Å²) in [6.07, 6.45) is 7.71. The number of ether oxygens (including phenoxy) is 1. The van der Waals surface area contributed by atoms with Crippen LogP contribution < -0.4 is 10.1 Å². The number of rotatable bonds is 9. The lowest BCUT2D eigenvalue weighted by molar-refractivity contribution is -0.115. The molecule has 0 radical (unpaired) electrons. The Morgan fingerprint density at radius 1 is 0.970 bits per heavy atom. The fraction of sp³-hybridized carbons (Fsp3) is 0.370. The van der Waals surface area contributed by atoms with Crippen molar-refractivity contribution in [1.82, 2.24) is 9.97 Å². The summed E-state index contributed by atoms with van der Waals surface area (Å²) in [4.78, 5) is 21.7. The van der Waals surface area contributed by atoms with E-state index >= 15 is 0 Å². The molecule has 0 fully saturated rings. The standard InChI is InChI=1S/C22H22BrN3O2.C5H12/c1-3-4-19-22(26-21(27)13-15-5-9-17(23)10-6-15)24-14-20(25-19)16-7-11-18(28-2)12-8-16;1-3-5-4-2/h5-12,14H,3-4,13H2,1-2H3,(H,24,26,27);3-5H2,1-2H3. The molecule has 3 rings (SSSR count). The Hall–Kier alpha value is -2.73. The highest BCUT2D eigenvalue weighted by Gasteiger charge is 2.12. The molecule has 1 heterocycles. The minimum absolute atomic E-state index is 0.105. The number of anilines is 1. The third kappa shape index (κ3) is 8.97. The average Bonchev–Trinajstić information content (AvgIpc) is 2.83.